The van der Waals surface area contributed by atoms with E-state index in [1.54, 1.807) is 4.57 Å². The van der Waals surface area contributed by atoms with Gasteiger partial charge in [0.15, 0.2) is 11.5 Å². The molecular formula is C21H19N5O. The van der Waals surface area contributed by atoms with Crippen LogP contribution in [-0.2, 0) is 12.8 Å². The SMILES string of the molecule is Cc1ccc(Nc2ncnc3c2[nH]c(=O)n3C2Cc3ccccc3C2)cc1. The van der Waals surface area contributed by atoms with E-state index in [0.717, 1.165) is 18.5 Å². The summed E-state index contributed by atoms with van der Waals surface area (Å²) in [7, 11) is 0. The van der Waals surface area contributed by atoms with Gasteiger partial charge in [0.2, 0.25) is 0 Å². The lowest BCUT2D eigenvalue weighted by molar-refractivity contribution is 0.525. The number of rotatable bonds is 3. The van der Waals surface area contributed by atoms with Crippen molar-refractivity contribution >= 4 is 22.7 Å². The Labute approximate surface area is 155 Å². The molecule has 0 amide bonds. The third-order valence-corrected chi connectivity index (χ3v) is 5.22. The number of H-pyrrole nitrogens is 1. The average Bonchev–Trinajstić information content (AvgIpc) is 3.24. The van der Waals surface area contributed by atoms with Crippen LogP contribution >= 0.6 is 0 Å². The van der Waals surface area contributed by atoms with E-state index in [-0.39, 0.29) is 11.7 Å². The third kappa shape index (κ3) is 2.70. The zero-order valence-corrected chi connectivity index (χ0v) is 14.9. The van der Waals surface area contributed by atoms with Crippen molar-refractivity contribution in [2.45, 2.75) is 25.8 Å². The minimum atomic E-state index is -0.143. The zero-order chi connectivity index (χ0) is 18.4. The van der Waals surface area contributed by atoms with Gasteiger partial charge in [0.25, 0.3) is 0 Å². The average molecular weight is 357 g/mol. The van der Waals surface area contributed by atoms with Crippen LogP contribution in [0.25, 0.3) is 11.2 Å². The van der Waals surface area contributed by atoms with Gasteiger partial charge in [-0.3, -0.25) is 4.57 Å². The normalized spacial score (nSPS) is 13.8. The monoisotopic (exact) mass is 357 g/mol. The summed E-state index contributed by atoms with van der Waals surface area (Å²) < 4.78 is 1.78. The van der Waals surface area contributed by atoms with Gasteiger partial charge in [0, 0.05) is 11.7 Å². The number of benzene rings is 2. The molecule has 134 valence electrons. The van der Waals surface area contributed by atoms with E-state index in [4.69, 9.17) is 0 Å². The fourth-order valence-electron chi connectivity index (χ4n) is 3.86. The van der Waals surface area contributed by atoms with Crippen molar-refractivity contribution < 1.29 is 0 Å². The highest BCUT2D eigenvalue weighted by Crippen LogP contribution is 2.31. The molecule has 0 spiro atoms. The van der Waals surface area contributed by atoms with Crippen molar-refractivity contribution in [2.24, 2.45) is 0 Å². The standard InChI is InChI=1S/C21H19N5O/c1-13-6-8-16(9-7-13)24-19-18-20(23-12-22-19)26(21(27)25-18)17-10-14-4-2-3-5-15(14)11-17/h2-9,12,17H,10-11H2,1H3,(H,25,27)(H,22,23,24). The lowest BCUT2D eigenvalue weighted by Crippen LogP contribution is -2.23. The smallest absolute Gasteiger partial charge is 0.328 e. The van der Waals surface area contributed by atoms with E-state index in [9.17, 15) is 4.79 Å². The van der Waals surface area contributed by atoms with E-state index >= 15 is 0 Å². The first-order valence-corrected chi connectivity index (χ1v) is 9.05. The van der Waals surface area contributed by atoms with Crippen LogP contribution in [0.2, 0.25) is 0 Å². The molecule has 0 fully saturated rings. The molecule has 0 aliphatic heterocycles. The Balaban J connectivity index is 1.55. The molecule has 0 radical (unpaired) electrons. The number of aryl methyl sites for hydroxylation is 1. The number of aromatic nitrogens is 4. The molecule has 0 atom stereocenters. The predicted molar refractivity (Wildman–Crippen MR) is 105 cm³/mol. The molecule has 1 aliphatic rings. The Hall–Kier alpha value is -3.41. The first-order valence-electron chi connectivity index (χ1n) is 9.05. The summed E-state index contributed by atoms with van der Waals surface area (Å²) in [5, 5.41) is 3.29. The van der Waals surface area contributed by atoms with Crippen molar-refractivity contribution in [3.63, 3.8) is 0 Å². The highest BCUT2D eigenvalue weighted by molar-refractivity contribution is 5.85. The lowest BCUT2D eigenvalue weighted by Gasteiger charge is -2.11. The van der Waals surface area contributed by atoms with Crippen molar-refractivity contribution in [3.05, 3.63) is 82.0 Å². The molecule has 6 nitrogen and oxygen atoms in total. The summed E-state index contributed by atoms with van der Waals surface area (Å²) in [6, 6.07) is 16.5. The third-order valence-electron chi connectivity index (χ3n) is 5.22. The van der Waals surface area contributed by atoms with Gasteiger partial charge < -0.3 is 10.3 Å². The van der Waals surface area contributed by atoms with E-state index in [2.05, 4.69) is 32.4 Å². The van der Waals surface area contributed by atoms with Gasteiger partial charge in [-0.15, -0.1) is 0 Å². The van der Waals surface area contributed by atoms with Gasteiger partial charge in [0.1, 0.15) is 11.8 Å². The largest absolute Gasteiger partial charge is 0.338 e. The number of hydrogen-bond donors (Lipinski definition) is 2. The number of nitrogens with one attached hydrogen (secondary N) is 2. The summed E-state index contributed by atoms with van der Waals surface area (Å²) in [6.07, 6.45) is 3.19. The molecule has 0 saturated carbocycles. The Morgan fingerprint density at radius 1 is 1.04 bits per heavy atom. The van der Waals surface area contributed by atoms with Gasteiger partial charge in [0.05, 0.1) is 0 Å². The maximum absolute atomic E-state index is 12.7. The molecule has 5 rings (SSSR count). The Morgan fingerprint density at radius 3 is 2.44 bits per heavy atom. The Kier molecular flexibility index (Phi) is 3.57. The lowest BCUT2D eigenvalue weighted by atomic mass is 10.1. The fraction of sp³-hybridized carbons (Fsp3) is 0.190. The van der Waals surface area contributed by atoms with E-state index in [1.807, 2.05) is 43.3 Å². The van der Waals surface area contributed by atoms with Gasteiger partial charge in [-0.25, -0.2) is 14.8 Å². The predicted octanol–water partition coefficient (Wildman–Crippen LogP) is 3.51. The number of hydrogen-bond acceptors (Lipinski definition) is 4. The van der Waals surface area contributed by atoms with Crippen LogP contribution in [-0.4, -0.2) is 19.5 Å². The molecule has 2 aromatic heterocycles. The Morgan fingerprint density at radius 2 is 1.74 bits per heavy atom. The molecule has 4 aromatic rings. The first-order chi connectivity index (χ1) is 13.2. The quantitative estimate of drug-likeness (QED) is 0.588. The molecule has 0 bridgehead atoms. The van der Waals surface area contributed by atoms with Crippen LogP contribution in [0, 0.1) is 6.92 Å². The molecule has 0 unspecified atom stereocenters. The Bertz CT molecular complexity index is 1160. The second-order valence-electron chi connectivity index (χ2n) is 7.04. The van der Waals surface area contributed by atoms with E-state index < -0.39 is 0 Å². The summed E-state index contributed by atoms with van der Waals surface area (Å²) in [5.74, 6) is 0.607. The van der Waals surface area contributed by atoms with Crippen molar-refractivity contribution in [1.82, 2.24) is 19.5 Å². The van der Waals surface area contributed by atoms with Crippen LogP contribution < -0.4 is 11.0 Å². The summed E-state index contributed by atoms with van der Waals surface area (Å²) in [4.78, 5) is 24.4. The van der Waals surface area contributed by atoms with Gasteiger partial charge in [-0.1, -0.05) is 42.0 Å². The number of anilines is 2. The van der Waals surface area contributed by atoms with Gasteiger partial charge in [-0.05, 0) is 43.0 Å². The second kappa shape index (κ2) is 6.09. The summed E-state index contributed by atoms with van der Waals surface area (Å²) in [6.45, 7) is 2.05. The number of nitrogens with zero attached hydrogens (tertiary/aromatic N) is 3. The van der Waals surface area contributed by atoms with Crippen LogP contribution in [0.1, 0.15) is 22.7 Å². The number of aromatic amines is 1. The minimum absolute atomic E-state index is 0.0748. The van der Waals surface area contributed by atoms with Gasteiger partial charge >= 0.3 is 5.69 Å². The van der Waals surface area contributed by atoms with Crippen molar-refractivity contribution in [2.75, 3.05) is 5.32 Å². The van der Waals surface area contributed by atoms with Crippen LogP contribution in [0.4, 0.5) is 11.5 Å². The highest BCUT2D eigenvalue weighted by Gasteiger charge is 2.26. The minimum Gasteiger partial charge on any atom is -0.338 e. The maximum Gasteiger partial charge on any atom is 0.328 e. The van der Waals surface area contributed by atoms with Crippen LogP contribution in [0.3, 0.4) is 0 Å². The van der Waals surface area contributed by atoms with Crippen molar-refractivity contribution in [3.8, 4) is 0 Å². The molecule has 1 aliphatic carbocycles. The molecule has 2 aromatic carbocycles. The molecule has 0 saturated heterocycles. The molecule has 2 heterocycles. The zero-order valence-electron chi connectivity index (χ0n) is 14.9. The summed E-state index contributed by atoms with van der Waals surface area (Å²) >= 11 is 0. The molecule has 6 heteroatoms. The van der Waals surface area contributed by atoms with Crippen LogP contribution in [0.5, 0.6) is 0 Å². The molecular weight excluding hydrogens is 338 g/mol. The summed E-state index contributed by atoms with van der Waals surface area (Å²) in [5.41, 5.74) is 5.85. The fourth-order valence-corrected chi connectivity index (χ4v) is 3.86. The highest BCUT2D eigenvalue weighted by atomic mass is 16.1. The number of fused-ring (bicyclic) bond motifs is 2. The van der Waals surface area contributed by atoms with Gasteiger partial charge in [-0.2, -0.15) is 0 Å². The first kappa shape index (κ1) is 15.8. The van der Waals surface area contributed by atoms with E-state index in [1.165, 1.54) is 23.0 Å². The second-order valence-corrected chi connectivity index (χ2v) is 7.04. The maximum atomic E-state index is 12.7. The molecule has 2 N–H and O–H groups in total. The van der Waals surface area contributed by atoms with E-state index in [0.29, 0.717) is 17.0 Å². The number of imidazole rings is 1. The molecule has 27 heavy (non-hydrogen) atoms. The van der Waals surface area contributed by atoms with Crippen LogP contribution in [0.15, 0.2) is 59.7 Å². The topological polar surface area (TPSA) is 75.6 Å². The van der Waals surface area contributed by atoms with Crippen molar-refractivity contribution in [1.29, 1.82) is 0 Å².